The van der Waals surface area contributed by atoms with Gasteiger partial charge in [-0.25, -0.2) is 9.97 Å². The highest BCUT2D eigenvalue weighted by atomic mass is 14.8. The Morgan fingerprint density at radius 2 is 0.509 bits per heavy atom. The van der Waals surface area contributed by atoms with Gasteiger partial charge in [-0.3, -0.25) is 34.9 Å². The molecule has 0 amide bonds. The maximum absolute atomic E-state index is 4.17. The molecule has 0 bridgehead atoms. The van der Waals surface area contributed by atoms with Crippen molar-refractivity contribution in [3.63, 3.8) is 0 Å². The van der Waals surface area contributed by atoms with Crippen molar-refractivity contribution in [3.05, 3.63) is 315 Å². The quantitative estimate of drug-likeness (QED) is 0.137. The fraction of sp³-hybridized carbons (Fsp3) is 0.371. The van der Waals surface area contributed by atoms with E-state index < -0.39 is 0 Å². The molecule has 0 spiro atoms. The summed E-state index contributed by atoms with van der Waals surface area (Å²) < 4.78 is 0. The fourth-order valence-corrected chi connectivity index (χ4v) is 8.87. The van der Waals surface area contributed by atoms with Gasteiger partial charge in [0.2, 0.25) is 0 Å². The molecule has 6 aromatic carbocycles. The molecule has 9 nitrogen and oxygen atoms in total. The van der Waals surface area contributed by atoms with Crippen molar-refractivity contribution in [1.29, 1.82) is 0 Å². The molecule has 13 aromatic rings. The highest BCUT2D eigenvalue weighted by molar-refractivity contribution is 6.05. The van der Waals surface area contributed by atoms with Crippen LogP contribution in [0.3, 0.4) is 0 Å². The maximum atomic E-state index is 4.17. The van der Waals surface area contributed by atoms with Crippen LogP contribution < -0.4 is 0 Å². The molecule has 0 radical (unpaired) electrons. The molecule has 0 aliphatic heterocycles. The second-order valence-corrected chi connectivity index (χ2v) is 22.4. The fourth-order valence-electron chi connectivity index (χ4n) is 8.87. The normalized spacial score (nSPS) is 8.75. The number of benzene rings is 6. The molecule has 0 aliphatic rings. The summed E-state index contributed by atoms with van der Waals surface area (Å²) in [5.74, 6) is 0.829. The molecule has 7 heterocycles. The van der Waals surface area contributed by atoms with E-state index in [4.69, 9.17) is 0 Å². The topological polar surface area (TPSA) is 116 Å². The summed E-state index contributed by atoms with van der Waals surface area (Å²) in [5, 5.41) is 10.8. The van der Waals surface area contributed by atoms with Crippen LogP contribution in [0.15, 0.2) is 213 Å². The van der Waals surface area contributed by atoms with Crippen molar-refractivity contribution < 1.29 is 0 Å². The van der Waals surface area contributed by atoms with E-state index in [2.05, 4.69) is 201 Å². The van der Waals surface area contributed by atoms with Gasteiger partial charge in [-0.1, -0.05) is 245 Å². The average molecular weight is 1440 g/mol. The van der Waals surface area contributed by atoms with E-state index in [-0.39, 0.29) is 0 Å². The van der Waals surface area contributed by atoms with Crippen molar-refractivity contribution in [2.45, 2.75) is 249 Å². The summed E-state index contributed by atoms with van der Waals surface area (Å²) in [4.78, 5) is 36.3. The van der Waals surface area contributed by atoms with Crippen LogP contribution in [0.2, 0.25) is 0 Å². The maximum Gasteiger partial charge on any atom is 0.125 e. The first-order valence-electron chi connectivity index (χ1n) is 38.8. The second kappa shape index (κ2) is 67.2. The number of rotatable bonds is 0. The predicted molar refractivity (Wildman–Crippen MR) is 476 cm³/mol. The summed E-state index contributed by atoms with van der Waals surface area (Å²) >= 11 is 0. The number of fused-ring (bicyclic) bond motifs is 4. The van der Waals surface area contributed by atoms with E-state index in [1.54, 1.807) is 12.4 Å². The molecule has 576 valence electrons. The average Bonchev–Trinajstić information content (AvgIpc) is 0.775. The Bertz CT molecular complexity index is 3630. The monoisotopic (exact) mass is 1430 g/mol. The third-order valence-electron chi connectivity index (χ3n) is 13.6. The van der Waals surface area contributed by atoms with E-state index in [0.717, 1.165) is 51.2 Å². The van der Waals surface area contributed by atoms with Crippen LogP contribution >= 0.6 is 0 Å². The molecule has 0 fully saturated rings. The van der Waals surface area contributed by atoms with Gasteiger partial charge < -0.3 is 0 Å². The van der Waals surface area contributed by atoms with E-state index in [9.17, 15) is 0 Å². The molecule has 0 saturated heterocycles. The van der Waals surface area contributed by atoms with Crippen molar-refractivity contribution in [1.82, 2.24) is 44.9 Å². The van der Waals surface area contributed by atoms with Crippen LogP contribution in [0.25, 0.3) is 43.1 Å². The van der Waals surface area contributed by atoms with Crippen LogP contribution in [-0.4, -0.2) is 44.9 Å². The van der Waals surface area contributed by atoms with E-state index >= 15 is 0 Å². The third kappa shape index (κ3) is 46.9. The van der Waals surface area contributed by atoms with Gasteiger partial charge in [-0.2, -0.15) is 0 Å². The van der Waals surface area contributed by atoms with Crippen molar-refractivity contribution >= 4 is 43.1 Å². The summed E-state index contributed by atoms with van der Waals surface area (Å²) in [7, 11) is 0. The van der Waals surface area contributed by atoms with Crippen molar-refractivity contribution in [2.75, 3.05) is 0 Å². The van der Waals surface area contributed by atoms with Gasteiger partial charge in [0.05, 0.1) is 11.4 Å². The molecule has 0 N–H and O–H groups in total. The van der Waals surface area contributed by atoms with Crippen LogP contribution in [0.5, 0.6) is 0 Å². The van der Waals surface area contributed by atoms with E-state index in [0.29, 0.717) is 0 Å². The number of aryl methyl sites for hydroxylation is 18. The minimum absolute atomic E-state index is 0.829. The Labute approximate surface area is 648 Å². The molecular weight excluding hydrogens is 1290 g/mol. The zero-order valence-corrected chi connectivity index (χ0v) is 73.2. The zero-order valence-electron chi connectivity index (χ0n) is 73.2. The number of nitrogens with zero attached hydrogens (tertiary/aromatic N) is 9. The van der Waals surface area contributed by atoms with Crippen LogP contribution in [0.1, 0.15) is 226 Å². The third-order valence-corrected chi connectivity index (χ3v) is 13.6. The van der Waals surface area contributed by atoms with Crippen molar-refractivity contribution in [3.8, 4) is 0 Å². The van der Waals surface area contributed by atoms with Crippen LogP contribution in [0, 0.1) is 125 Å². The first-order chi connectivity index (χ1) is 51.0. The summed E-state index contributed by atoms with van der Waals surface area (Å²) in [6, 6.07) is 55.4. The first kappa shape index (κ1) is 105. The van der Waals surface area contributed by atoms with Gasteiger partial charge in [0.1, 0.15) is 5.82 Å². The minimum atomic E-state index is 0.829. The van der Waals surface area contributed by atoms with E-state index in [1.165, 1.54) is 93.2 Å². The first-order valence-corrected chi connectivity index (χ1v) is 38.8. The molecule has 0 saturated carbocycles. The molecule has 7 aromatic heterocycles. The van der Waals surface area contributed by atoms with Gasteiger partial charge >= 0.3 is 0 Å². The standard InChI is InChI=1S/2C16H14.5C7H9N.2C6H8N2.9C2H6/c1-11-3-5-13-10-16-8-12(2)4-6-14(16)9-15(13)7-11;1-11-13-7-3-5-9-15(13)12(2)16-10-6-4-8-14(11)16;1-6-3-7(2)5-8-4-6;1-6-3-4-8-7(2)5-6;2*1-6-3-4-7(2)8-5-6;1-6-4-3-5-7(2)8-6;1-5-3-8-6(2)4-7-5;1-5-3-7-6(2)8-4-5;9*1-2/h2*3-10H,1-2H3;5*3-5H,1-2H3;2*3-4H,1-2H3;9*1-2H3. The van der Waals surface area contributed by atoms with Gasteiger partial charge in [0.15, 0.2) is 0 Å². The lowest BCUT2D eigenvalue weighted by Crippen LogP contribution is -1.87. The molecule has 0 unspecified atom stereocenters. The SMILES string of the molecule is CC.CC.CC.CC.CC.CC.CC.CC.CC.Cc1c2ccccc2c(C)c2ccccc12.Cc1ccc(C)nc1.Cc1ccc(C)nc1.Cc1ccc2cc3cc(C)ccc3cc2c1.Cc1cccc(C)n1.Cc1ccnc(C)c1.Cc1cnc(C)cn1.Cc1cnc(C)nc1.Cc1cncc(C)c1. The Hall–Kier alpha value is -9.73. The molecule has 0 atom stereocenters. The lowest BCUT2D eigenvalue weighted by Gasteiger charge is -2.11. The highest BCUT2D eigenvalue weighted by Gasteiger charge is 2.07. The number of hydrogen-bond acceptors (Lipinski definition) is 9. The molecule has 106 heavy (non-hydrogen) atoms. The highest BCUT2D eigenvalue weighted by Crippen LogP contribution is 2.31. The van der Waals surface area contributed by atoms with E-state index in [1.807, 2.05) is 294 Å². The summed E-state index contributed by atoms with van der Waals surface area (Å²) in [6.45, 7) is 72.6. The smallest absolute Gasteiger partial charge is 0.125 e. The molecular formula is C97H143N9. The van der Waals surface area contributed by atoms with Gasteiger partial charge in [-0.15, -0.1) is 0 Å². The largest absolute Gasteiger partial charge is 0.264 e. The Morgan fingerprint density at radius 1 is 0.189 bits per heavy atom. The summed E-state index contributed by atoms with van der Waals surface area (Å²) in [5.41, 5.74) is 20.0. The van der Waals surface area contributed by atoms with Crippen LogP contribution in [0.4, 0.5) is 0 Å². The number of aromatic nitrogens is 9. The zero-order chi connectivity index (χ0) is 82.1. The minimum Gasteiger partial charge on any atom is -0.264 e. The Kier molecular flexibility index (Phi) is 66.5. The Morgan fingerprint density at radius 3 is 0.755 bits per heavy atom. The lowest BCUT2D eigenvalue weighted by molar-refractivity contribution is 1.03. The van der Waals surface area contributed by atoms with Crippen molar-refractivity contribution in [2.24, 2.45) is 0 Å². The molecule has 0 aliphatic carbocycles. The second-order valence-electron chi connectivity index (χ2n) is 22.4. The summed E-state index contributed by atoms with van der Waals surface area (Å²) in [6.07, 6.45) is 16.4. The Balaban J connectivity index is -0.000000356. The molecule has 9 heteroatoms. The van der Waals surface area contributed by atoms with Gasteiger partial charge in [0.25, 0.3) is 0 Å². The predicted octanol–water partition coefficient (Wildman–Crippen LogP) is 29.1. The van der Waals surface area contributed by atoms with Crippen LogP contribution in [-0.2, 0) is 0 Å². The lowest BCUT2D eigenvalue weighted by atomic mass is 9.93. The number of pyridine rings is 5. The number of hydrogen-bond donors (Lipinski definition) is 0. The van der Waals surface area contributed by atoms with Gasteiger partial charge in [0, 0.05) is 84.2 Å². The van der Waals surface area contributed by atoms with Gasteiger partial charge in [-0.05, 0) is 261 Å². The molecule has 13 rings (SSSR count).